The minimum Gasteiger partial charge on any atom is -0.451 e. The summed E-state index contributed by atoms with van der Waals surface area (Å²) in [5.74, 6) is -1.56. The standard InChI is InChI=1S/C35H39N5O7S/c1-35(24-46-34(43)37-17-18-39-21-19-38(2)20-22-39)30(33(42)47-29(25-11-5-3-6-12-25)26-13-7-4-8-14-26)40-31(41)28(32(40)48(35,44)45)23-27-15-9-10-16-36-27/h3-16,23,29-30,32H,17-22,24H2,1-2H3,(H,37,43)/b28-23-/t30-,32?,35-/m0/s1. The topological polar surface area (TPSA) is 138 Å². The smallest absolute Gasteiger partial charge is 0.407 e. The van der Waals surface area contributed by atoms with Crippen LogP contribution in [0.2, 0.25) is 0 Å². The van der Waals surface area contributed by atoms with Crippen LogP contribution in [0.4, 0.5) is 4.79 Å². The van der Waals surface area contributed by atoms with Crippen LogP contribution in [0.3, 0.4) is 0 Å². The first kappa shape index (κ1) is 33.3. The van der Waals surface area contributed by atoms with Gasteiger partial charge < -0.3 is 24.6 Å². The Balaban J connectivity index is 1.26. The zero-order chi connectivity index (χ0) is 33.9. The predicted octanol–water partition coefficient (Wildman–Crippen LogP) is 2.50. The number of hydrogen-bond donors (Lipinski definition) is 1. The number of β-lactam (4-membered cyclic amide) rings is 1. The summed E-state index contributed by atoms with van der Waals surface area (Å²) in [6, 6.07) is 21.6. The van der Waals surface area contributed by atoms with Crippen molar-refractivity contribution >= 4 is 33.9 Å². The van der Waals surface area contributed by atoms with E-state index >= 15 is 0 Å². The Morgan fingerprint density at radius 1 is 0.979 bits per heavy atom. The number of pyridine rings is 1. The summed E-state index contributed by atoms with van der Waals surface area (Å²) < 4.78 is 38.3. The maximum Gasteiger partial charge on any atom is 0.407 e. The van der Waals surface area contributed by atoms with Gasteiger partial charge in [0.05, 0.1) is 11.3 Å². The molecule has 6 rings (SSSR count). The number of amides is 2. The van der Waals surface area contributed by atoms with Crippen molar-refractivity contribution in [1.29, 1.82) is 0 Å². The molecule has 2 amide bonds. The van der Waals surface area contributed by atoms with E-state index in [1.54, 1.807) is 42.5 Å². The van der Waals surface area contributed by atoms with Crippen molar-refractivity contribution in [3.05, 3.63) is 107 Å². The van der Waals surface area contributed by atoms with Crippen LogP contribution in [-0.2, 0) is 28.9 Å². The van der Waals surface area contributed by atoms with Gasteiger partial charge in [-0.1, -0.05) is 66.7 Å². The molecule has 4 heterocycles. The minimum atomic E-state index is -4.34. The lowest BCUT2D eigenvalue weighted by Crippen LogP contribution is -2.60. The molecule has 1 N–H and O–H groups in total. The van der Waals surface area contributed by atoms with Gasteiger partial charge in [0, 0.05) is 45.5 Å². The van der Waals surface area contributed by atoms with Gasteiger partial charge in [-0.15, -0.1) is 0 Å². The zero-order valence-corrected chi connectivity index (χ0v) is 27.7. The van der Waals surface area contributed by atoms with Crippen LogP contribution in [-0.4, -0.2) is 115 Å². The highest BCUT2D eigenvalue weighted by Crippen LogP contribution is 2.50. The molecule has 48 heavy (non-hydrogen) atoms. The van der Waals surface area contributed by atoms with E-state index in [1.165, 1.54) is 19.2 Å². The van der Waals surface area contributed by atoms with Crippen LogP contribution in [0.1, 0.15) is 29.8 Å². The second kappa shape index (κ2) is 13.9. The van der Waals surface area contributed by atoms with Gasteiger partial charge in [-0.2, -0.15) is 0 Å². The van der Waals surface area contributed by atoms with Crippen LogP contribution in [0.5, 0.6) is 0 Å². The molecule has 252 valence electrons. The number of likely N-dealkylation sites (N-methyl/N-ethyl adjacent to an activating group) is 1. The Morgan fingerprint density at radius 2 is 1.60 bits per heavy atom. The van der Waals surface area contributed by atoms with Gasteiger partial charge in [-0.25, -0.2) is 18.0 Å². The average molecular weight is 674 g/mol. The molecule has 3 aliphatic heterocycles. The largest absolute Gasteiger partial charge is 0.451 e. The number of alkyl carbamates (subject to hydrolysis) is 1. The van der Waals surface area contributed by atoms with Crippen molar-refractivity contribution in [3.63, 3.8) is 0 Å². The highest BCUT2D eigenvalue weighted by atomic mass is 32.2. The number of piperazine rings is 1. The van der Waals surface area contributed by atoms with Gasteiger partial charge in [0.15, 0.2) is 27.4 Å². The average Bonchev–Trinajstić information content (AvgIpc) is 3.26. The van der Waals surface area contributed by atoms with Gasteiger partial charge in [-0.05, 0) is 43.3 Å². The second-order valence-corrected chi connectivity index (χ2v) is 14.9. The number of sulfone groups is 1. The van der Waals surface area contributed by atoms with Gasteiger partial charge in [-0.3, -0.25) is 14.7 Å². The summed E-state index contributed by atoms with van der Waals surface area (Å²) in [6.45, 7) is 5.18. The summed E-state index contributed by atoms with van der Waals surface area (Å²) in [5, 5.41) is 1.25. The summed E-state index contributed by atoms with van der Waals surface area (Å²) in [6.07, 6.45) is 1.25. The molecule has 0 aliphatic carbocycles. The van der Waals surface area contributed by atoms with E-state index in [9.17, 15) is 22.8 Å². The first-order valence-corrected chi connectivity index (χ1v) is 17.5. The summed E-state index contributed by atoms with van der Waals surface area (Å²) in [7, 11) is -2.28. The number of carbonyl (C=O) groups excluding carboxylic acids is 3. The van der Waals surface area contributed by atoms with E-state index in [0.29, 0.717) is 29.9 Å². The Kier molecular flexibility index (Phi) is 9.63. The lowest BCUT2D eigenvalue weighted by Gasteiger charge is -2.39. The molecular formula is C35H39N5O7S. The quantitative estimate of drug-likeness (QED) is 0.194. The number of ether oxygens (including phenoxy) is 2. The van der Waals surface area contributed by atoms with E-state index in [0.717, 1.165) is 31.1 Å². The highest BCUT2D eigenvalue weighted by Gasteiger charge is 2.73. The Bertz CT molecular complexity index is 1730. The number of rotatable bonds is 10. The molecule has 0 radical (unpaired) electrons. The Morgan fingerprint density at radius 3 is 2.21 bits per heavy atom. The number of aromatic nitrogens is 1. The number of nitrogens with one attached hydrogen (secondary N) is 1. The van der Waals surface area contributed by atoms with Crippen molar-refractivity contribution in [2.45, 2.75) is 29.2 Å². The molecule has 13 heteroatoms. The van der Waals surface area contributed by atoms with Gasteiger partial charge in [0.2, 0.25) is 0 Å². The molecular weight excluding hydrogens is 634 g/mol. The number of nitrogens with zero attached hydrogens (tertiary/aromatic N) is 4. The van der Waals surface area contributed by atoms with Crippen LogP contribution in [0, 0.1) is 0 Å². The number of carbonyl (C=O) groups is 3. The predicted molar refractivity (Wildman–Crippen MR) is 178 cm³/mol. The lowest BCUT2D eigenvalue weighted by molar-refractivity contribution is -0.161. The van der Waals surface area contributed by atoms with Gasteiger partial charge in [0.25, 0.3) is 5.91 Å². The third kappa shape index (κ3) is 6.45. The SMILES string of the molecule is CN1CCN(CCNC(=O)OC[C@@]2(C)[C@H](C(=O)OC(c3ccccc3)c3ccccc3)N3C(=O)/C(=C/c4ccccn4)C3S2(=O)=O)CC1. The van der Waals surface area contributed by atoms with E-state index in [-0.39, 0.29) is 5.57 Å². The van der Waals surface area contributed by atoms with Crippen LogP contribution in [0.15, 0.2) is 90.6 Å². The third-order valence-corrected chi connectivity index (χ3v) is 11.9. The van der Waals surface area contributed by atoms with Crippen molar-refractivity contribution in [2.75, 3.05) is 52.9 Å². The molecule has 3 fully saturated rings. The fourth-order valence-corrected chi connectivity index (χ4v) is 8.68. The van der Waals surface area contributed by atoms with E-state index in [1.807, 2.05) is 36.4 Å². The maximum absolute atomic E-state index is 14.3. The molecule has 3 aliphatic rings. The molecule has 0 spiro atoms. The molecule has 0 bridgehead atoms. The third-order valence-electron chi connectivity index (χ3n) is 9.24. The van der Waals surface area contributed by atoms with Crippen LogP contribution < -0.4 is 5.32 Å². The molecule has 0 saturated carbocycles. The fraction of sp³-hybridized carbons (Fsp3) is 0.371. The summed E-state index contributed by atoms with van der Waals surface area (Å²) in [4.78, 5) is 50.4. The lowest BCUT2D eigenvalue weighted by atomic mass is 9.94. The molecule has 3 saturated heterocycles. The zero-order valence-electron chi connectivity index (χ0n) is 26.9. The number of esters is 1. The van der Waals surface area contributed by atoms with Crippen LogP contribution in [0.25, 0.3) is 6.08 Å². The summed E-state index contributed by atoms with van der Waals surface area (Å²) >= 11 is 0. The Labute approximate surface area is 280 Å². The normalized spacial score (nSPS) is 24.6. The molecule has 3 atom stereocenters. The number of hydrogen-bond acceptors (Lipinski definition) is 10. The maximum atomic E-state index is 14.3. The fourth-order valence-electron chi connectivity index (χ4n) is 6.41. The highest BCUT2D eigenvalue weighted by molar-refractivity contribution is 7.94. The number of fused-ring (bicyclic) bond motifs is 1. The minimum absolute atomic E-state index is 0.0190. The van der Waals surface area contributed by atoms with Gasteiger partial charge in [0.1, 0.15) is 11.4 Å². The van der Waals surface area contributed by atoms with Gasteiger partial charge >= 0.3 is 12.1 Å². The van der Waals surface area contributed by atoms with E-state index in [2.05, 4.69) is 27.1 Å². The number of benzene rings is 2. The first-order chi connectivity index (χ1) is 23.1. The summed E-state index contributed by atoms with van der Waals surface area (Å²) in [5.41, 5.74) is 1.71. The second-order valence-electron chi connectivity index (χ2n) is 12.5. The van der Waals surface area contributed by atoms with Crippen LogP contribution >= 0.6 is 0 Å². The molecule has 1 unspecified atom stereocenters. The van der Waals surface area contributed by atoms with Crippen molar-refractivity contribution in [3.8, 4) is 0 Å². The molecule has 2 aromatic carbocycles. The molecule has 3 aromatic rings. The Hall–Kier alpha value is -4.59. The van der Waals surface area contributed by atoms with Crippen molar-refractivity contribution in [2.24, 2.45) is 0 Å². The van der Waals surface area contributed by atoms with Crippen molar-refractivity contribution in [1.82, 2.24) is 25.0 Å². The molecule has 1 aromatic heterocycles. The monoisotopic (exact) mass is 673 g/mol. The van der Waals surface area contributed by atoms with Crippen molar-refractivity contribution < 1.29 is 32.3 Å². The van der Waals surface area contributed by atoms with E-state index < -0.39 is 56.7 Å². The first-order valence-electron chi connectivity index (χ1n) is 15.9. The van der Waals surface area contributed by atoms with E-state index in [4.69, 9.17) is 9.47 Å². The molecule has 12 nitrogen and oxygen atoms in total.